The van der Waals surface area contributed by atoms with Gasteiger partial charge in [-0.1, -0.05) is 262 Å². The Morgan fingerprint density at radius 1 is 0.467 bits per heavy atom. The minimum absolute atomic E-state index is 0.0255. The van der Waals surface area contributed by atoms with Crippen LogP contribution >= 0.6 is 7.82 Å². The molecule has 3 unspecified atom stereocenters. The van der Waals surface area contributed by atoms with E-state index >= 15 is 0 Å². The molecule has 0 bridgehead atoms. The third kappa shape index (κ3) is 56.2. The lowest BCUT2D eigenvalue weighted by molar-refractivity contribution is -0.870. The molecule has 0 heterocycles. The van der Waals surface area contributed by atoms with Gasteiger partial charge in [0.2, 0.25) is 5.91 Å². The molecule has 0 aromatic heterocycles. The van der Waals surface area contributed by atoms with Crippen molar-refractivity contribution >= 4 is 19.7 Å². The Morgan fingerprint density at radius 2 is 0.813 bits per heavy atom. The zero-order valence-corrected chi connectivity index (χ0v) is 50.9. The number of hydrogen-bond donors (Lipinski definition) is 1. The molecule has 0 aliphatic heterocycles. The van der Waals surface area contributed by atoms with Crippen LogP contribution in [0.1, 0.15) is 290 Å². The van der Waals surface area contributed by atoms with Gasteiger partial charge in [-0.2, -0.15) is 0 Å². The second-order valence-corrected chi connectivity index (χ2v) is 24.0. The number of phosphoric ester groups is 1. The van der Waals surface area contributed by atoms with Gasteiger partial charge in [0.1, 0.15) is 19.3 Å². The van der Waals surface area contributed by atoms with Crippen LogP contribution in [-0.2, 0) is 27.9 Å². The van der Waals surface area contributed by atoms with Crippen LogP contribution in [0.15, 0.2) is 60.8 Å². The van der Waals surface area contributed by atoms with E-state index in [0.29, 0.717) is 23.9 Å². The average molecular weight is 1070 g/mol. The first kappa shape index (κ1) is 72.7. The zero-order chi connectivity index (χ0) is 55.0. The smallest absolute Gasteiger partial charge is 0.306 e. The first-order chi connectivity index (χ1) is 36.4. The summed E-state index contributed by atoms with van der Waals surface area (Å²) >= 11 is 0. The number of likely N-dealkylation sites (N-methyl/N-ethyl adjacent to an activating group) is 1. The normalized spacial score (nSPS) is 14.1. The number of esters is 1. The second-order valence-electron chi connectivity index (χ2n) is 22.6. The molecule has 0 saturated carbocycles. The van der Waals surface area contributed by atoms with Crippen LogP contribution in [0.3, 0.4) is 0 Å². The Balaban J connectivity index is 5.29. The lowest BCUT2D eigenvalue weighted by atomic mass is 10.0. The van der Waals surface area contributed by atoms with E-state index in [2.05, 4.69) is 74.7 Å². The topological polar surface area (TPSA) is 114 Å². The molecule has 1 amide bonds. The number of carbonyl (C=O) groups excluding carboxylic acids is 2. The van der Waals surface area contributed by atoms with Gasteiger partial charge in [-0.15, -0.1) is 0 Å². The van der Waals surface area contributed by atoms with Crippen molar-refractivity contribution in [2.45, 2.75) is 303 Å². The molecule has 438 valence electrons. The summed E-state index contributed by atoms with van der Waals surface area (Å²) in [5, 5.41) is 3.03. The first-order valence-corrected chi connectivity index (χ1v) is 33.1. The third-order valence-corrected chi connectivity index (χ3v) is 14.9. The minimum atomic E-state index is -4.70. The summed E-state index contributed by atoms with van der Waals surface area (Å²) in [5.41, 5.74) is 0. The molecular formula is C65H121N2O7P. The number of unbranched alkanes of at least 4 members (excludes halogenated alkanes) is 33. The summed E-state index contributed by atoms with van der Waals surface area (Å²) in [4.78, 5) is 40.0. The highest BCUT2D eigenvalue weighted by Gasteiger charge is 2.27. The fourth-order valence-electron chi connectivity index (χ4n) is 9.04. The van der Waals surface area contributed by atoms with Crippen LogP contribution < -0.4 is 10.2 Å². The molecule has 0 aliphatic carbocycles. The van der Waals surface area contributed by atoms with Crippen molar-refractivity contribution in [1.29, 1.82) is 0 Å². The molecule has 0 aliphatic rings. The summed E-state index contributed by atoms with van der Waals surface area (Å²) in [7, 11) is 1.18. The lowest BCUT2D eigenvalue weighted by Gasteiger charge is -2.30. The molecule has 0 spiro atoms. The van der Waals surface area contributed by atoms with Gasteiger partial charge in [0, 0.05) is 12.8 Å². The van der Waals surface area contributed by atoms with Crippen molar-refractivity contribution in [2.24, 2.45) is 0 Å². The van der Waals surface area contributed by atoms with E-state index in [1.165, 1.54) is 161 Å². The molecule has 0 aromatic rings. The van der Waals surface area contributed by atoms with E-state index in [4.69, 9.17) is 13.8 Å². The van der Waals surface area contributed by atoms with Gasteiger partial charge in [-0.25, -0.2) is 0 Å². The highest BCUT2D eigenvalue weighted by atomic mass is 31.2. The molecule has 3 atom stereocenters. The number of allylic oxidation sites excluding steroid dienone is 9. The van der Waals surface area contributed by atoms with Crippen LogP contribution in [-0.4, -0.2) is 69.4 Å². The highest BCUT2D eigenvalue weighted by Crippen LogP contribution is 2.38. The Kier molecular flexibility index (Phi) is 53.4. The van der Waals surface area contributed by atoms with Gasteiger partial charge in [0.05, 0.1) is 33.8 Å². The fourth-order valence-corrected chi connectivity index (χ4v) is 9.76. The van der Waals surface area contributed by atoms with Gasteiger partial charge < -0.3 is 28.5 Å². The Labute approximate surface area is 464 Å². The summed E-state index contributed by atoms with van der Waals surface area (Å²) in [6.07, 6.45) is 68.9. The molecule has 0 fully saturated rings. The van der Waals surface area contributed by atoms with Crippen molar-refractivity contribution in [2.75, 3.05) is 40.9 Å². The van der Waals surface area contributed by atoms with Gasteiger partial charge in [-0.3, -0.25) is 14.2 Å². The van der Waals surface area contributed by atoms with E-state index < -0.39 is 26.6 Å². The van der Waals surface area contributed by atoms with E-state index in [9.17, 15) is 19.0 Å². The van der Waals surface area contributed by atoms with Gasteiger partial charge in [-0.05, 0) is 76.7 Å². The molecule has 0 aromatic carbocycles. The van der Waals surface area contributed by atoms with Crippen LogP contribution in [0.4, 0.5) is 0 Å². The van der Waals surface area contributed by atoms with E-state index in [1.807, 2.05) is 33.3 Å². The molecule has 0 radical (unpaired) electrons. The Hall–Kier alpha value is -2.29. The molecule has 10 heteroatoms. The highest BCUT2D eigenvalue weighted by molar-refractivity contribution is 7.45. The maximum Gasteiger partial charge on any atom is 0.306 e. The molecule has 9 nitrogen and oxygen atoms in total. The van der Waals surface area contributed by atoms with Crippen molar-refractivity contribution in [1.82, 2.24) is 5.32 Å². The quantitative estimate of drug-likeness (QED) is 0.0212. The van der Waals surface area contributed by atoms with E-state index in [0.717, 1.165) is 89.9 Å². The molecule has 1 N–H and O–H groups in total. The van der Waals surface area contributed by atoms with Gasteiger partial charge >= 0.3 is 5.97 Å². The molecule has 0 saturated heterocycles. The van der Waals surface area contributed by atoms with Crippen molar-refractivity contribution in [3.05, 3.63) is 60.8 Å². The molecule has 0 rings (SSSR count). The predicted octanol–water partition coefficient (Wildman–Crippen LogP) is 18.8. The summed E-state index contributed by atoms with van der Waals surface area (Å²) < 4.78 is 30.3. The Morgan fingerprint density at radius 3 is 1.24 bits per heavy atom. The average Bonchev–Trinajstić information content (AvgIpc) is 3.37. The third-order valence-electron chi connectivity index (χ3n) is 14.0. The largest absolute Gasteiger partial charge is 0.756 e. The number of phosphoric acid groups is 1. The number of rotatable bonds is 57. The standard InChI is InChI=1S/C65H121N2O7P/c1-7-10-13-16-19-22-25-28-30-31-32-33-34-35-37-40-43-46-49-52-55-58-65(69)74-63(56-53-50-47-44-41-38-27-24-21-18-15-12-9-3)62(61-73-75(70,71)72-60-59-67(4,5)6)66-64(68)57-54-51-48-45-42-39-36-29-26-23-20-17-14-11-8-2/h19,22,28,30,32-33,35,37,53,56,62-63H,7-18,20-21,23-27,29,31,34,36,38-52,54-55,57-61H2,1-6H3,(H-,66,68,70,71)/b22-19-,30-28-,33-32-,37-35-,56-53+. The summed E-state index contributed by atoms with van der Waals surface area (Å²) in [5.74, 6) is -0.553. The van der Waals surface area contributed by atoms with Gasteiger partial charge in [0.15, 0.2) is 0 Å². The lowest BCUT2D eigenvalue weighted by Crippen LogP contribution is -2.47. The number of quaternary nitrogens is 1. The molecule has 75 heavy (non-hydrogen) atoms. The summed E-state index contributed by atoms with van der Waals surface area (Å²) in [6.45, 7) is 6.83. The minimum Gasteiger partial charge on any atom is -0.756 e. The molecular weight excluding hydrogens is 952 g/mol. The fraction of sp³-hybridized carbons (Fsp3) is 0.815. The number of carbonyl (C=O) groups is 2. The monoisotopic (exact) mass is 1070 g/mol. The van der Waals surface area contributed by atoms with Crippen LogP contribution in [0, 0.1) is 0 Å². The van der Waals surface area contributed by atoms with Crippen molar-refractivity contribution < 1.29 is 37.3 Å². The number of ether oxygens (including phenoxy) is 1. The maximum atomic E-state index is 13.5. The van der Waals surface area contributed by atoms with Crippen molar-refractivity contribution in [3.8, 4) is 0 Å². The number of hydrogen-bond acceptors (Lipinski definition) is 7. The second kappa shape index (κ2) is 55.0. The number of amides is 1. The summed E-state index contributed by atoms with van der Waals surface area (Å²) in [6, 6.07) is -0.895. The maximum absolute atomic E-state index is 13.5. The van der Waals surface area contributed by atoms with Crippen LogP contribution in [0.2, 0.25) is 0 Å². The van der Waals surface area contributed by atoms with Gasteiger partial charge in [0.25, 0.3) is 7.82 Å². The van der Waals surface area contributed by atoms with Crippen molar-refractivity contribution in [3.63, 3.8) is 0 Å². The number of nitrogens with zero attached hydrogens (tertiary/aromatic N) is 1. The van der Waals surface area contributed by atoms with E-state index in [1.54, 1.807) is 0 Å². The predicted molar refractivity (Wildman–Crippen MR) is 321 cm³/mol. The number of nitrogens with one attached hydrogen (secondary N) is 1. The van der Waals surface area contributed by atoms with Crippen LogP contribution in [0.5, 0.6) is 0 Å². The zero-order valence-electron chi connectivity index (χ0n) is 50.0. The van der Waals surface area contributed by atoms with E-state index in [-0.39, 0.29) is 24.9 Å². The van der Waals surface area contributed by atoms with Crippen LogP contribution in [0.25, 0.3) is 0 Å². The SMILES string of the molecule is CCCCC/C=C\C/C=C\C/C=C\C/C=C\CCCCCCCC(=O)OC(/C=C/CCCCCCCCCCCCC)C(COP(=O)([O-])OCC[N+](C)(C)C)NC(=O)CCCCCCCCCCCCCCCCC. The Bertz CT molecular complexity index is 1470. The first-order valence-electron chi connectivity index (χ1n) is 31.6.